The Morgan fingerprint density at radius 3 is 2.51 bits per heavy atom. The molecule has 0 saturated heterocycles. The minimum atomic E-state index is -0.483. The Bertz CT molecular complexity index is 1180. The summed E-state index contributed by atoms with van der Waals surface area (Å²) in [5, 5.41) is 7.62. The first-order valence-electron chi connectivity index (χ1n) is 11.4. The second kappa shape index (κ2) is 13.1. The highest BCUT2D eigenvalue weighted by atomic mass is 32.1. The largest absolute Gasteiger partial charge is 0.494 e. The monoisotopic (exact) mass is 491 g/mol. The summed E-state index contributed by atoms with van der Waals surface area (Å²) in [6.45, 7) is 6.95. The Morgan fingerprint density at radius 2 is 1.80 bits per heavy atom. The molecule has 3 aromatic carbocycles. The van der Waals surface area contributed by atoms with Crippen LogP contribution in [-0.4, -0.2) is 30.5 Å². The molecule has 0 amide bonds. The highest BCUT2D eigenvalue weighted by molar-refractivity contribution is 7.80. The van der Waals surface area contributed by atoms with Gasteiger partial charge in [0, 0.05) is 5.69 Å². The van der Waals surface area contributed by atoms with Gasteiger partial charge in [0.25, 0.3) is 0 Å². The van der Waals surface area contributed by atoms with Gasteiger partial charge in [0.05, 0.1) is 25.0 Å². The third-order valence-electron chi connectivity index (χ3n) is 4.69. The number of anilines is 1. The minimum absolute atomic E-state index is 0.324. The molecule has 3 aromatic rings. The van der Waals surface area contributed by atoms with E-state index in [9.17, 15) is 4.79 Å². The number of carbonyl (C=O) groups is 1. The topological polar surface area (TPSA) is 81.2 Å². The second-order valence-corrected chi connectivity index (χ2v) is 8.00. The highest BCUT2D eigenvalue weighted by Gasteiger charge is 2.13. The average Bonchev–Trinajstić information content (AvgIpc) is 2.84. The van der Waals surface area contributed by atoms with Gasteiger partial charge >= 0.3 is 5.97 Å². The van der Waals surface area contributed by atoms with E-state index in [1.807, 2.05) is 45.0 Å². The van der Waals surface area contributed by atoms with Crippen molar-refractivity contribution in [3.05, 3.63) is 83.4 Å². The number of thiocarbonyl (C=S) groups is 1. The molecule has 0 saturated carbocycles. The van der Waals surface area contributed by atoms with E-state index in [-0.39, 0.29) is 0 Å². The van der Waals surface area contributed by atoms with Gasteiger partial charge in [-0.2, -0.15) is 5.10 Å². The summed E-state index contributed by atoms with van der Waals surface area (Å²) in [6.07, 6.45) is 2.52. The average molecular weight is 492 g/mol. The Morgan fingerprint density at radius 1 is 1.00 bits per heavy atom. The summed E-state index contributed by atoms with van der Waals surface area (Å²) < 4.78 is 16.8. The Balaban J connectivity index is 1.62. The first kappa shape index (κ1) is 25.7. The van der Waals surface area contributed by atoms with Gasteiger partial charge in [0.15, 0.2) is 16.6 Å². The Labute approximate surface area is 211 Å². The van der Waals surface area contributed by atoms with Crippen molar-refractivity contribution in [2.75, 3.05) is 18.5 Å². The molecule has 0 aliphatic carbocycles. The molecular weight excluding hydrogens is 462 g/mol. The summed E-state index contributed by atoms with van der Waals surface area (Å²) in [7, 11) is 0. The van der Waals surface area contributed by atoms with Crippen LogP contribution in [0.1, 0.15) is 41.8 Å². The molecule has 8 heteroatoms. The highest BCUT2D eigenvalue weighted by Crippen LogP contribution is 2.29. The van der Waals surface area contributed by atoms with E-state index in [2.05, 4.69) is 15.8 Å². The molecule has 0 radical (unpaired) electrons. The molecule has 0 aliphatic rings. The lowest BCUT2D eigenvalue weighted by molar-refractivity contribution is 0.0728. The number of rotatable bonds is 10. The summed E-state index contributed by atoms with van der Waals surface area (Å²) in [5.74, 6) is 0.992. The van der Waals surface area contributed by atoms with Crippen molar-refractivity contribution in [2.45, 2.75) is 27.2 Å². The van der Waals surface area contributed by atoms with Gasteiger partial charge in [-0.25, -0.2) is 4.79 Å². The predicted octanol–water partition coefficient (Wildman–Crippen LogP) is 5.72. The fourth-order valence-electron chi connectivity index (χ4n) is 3.07. The number of carbonyl (C=O) groups excluding carboxylic acids is 1. The van der Waals surface area contributed by atoms with E-state index in [0.29, 0.717) is 41.1 Å². The molecule has 0 spiro atoms. The van der Waals surface area contributed by atoms with Crippen molar-refractivity contribution in [3.63, 3.8) is 0 Å². The molecule has 7 nitrogen and oxygen atoms in total. The van der Waals surface area contributed by atoms with Crippen LogP contribution < -0.4 is 25.0 Å². The van der Waals surface area contributed by atoms with Crippen LogP contribution in [0.4, 0.5) is 5.69 Å². The number of benzene rings is 3. The first-order chi connectivity index (χ1) is 17.0. The third-order valence-corrected chi connectivity index (χ3v) is 4.88. The zero-order chi connectivity index (χ0) is 25.0. The van der Waals surface area contributed by atoms with Crippen LogP contribution in [0, 0.1) is 6.92 Å². The molecule has 2 N–H and O–H groups in total. The second-order valence-electron chi connectivity index (χ2n) is 7.60. The van der Waals surface area contributed by atoms with Crippen molar-refractivity contribution < 1.29 is 19.0 Å². The lowest BCUT2D eigenvalue weighted by atomic mass is 10.2. The van der Waals surface area contributed by atoms with Gasteiger partial charge in [-0.3, -0.25) is 5.43 Å². The molecule has 0 fully saturated rings. The maximum atomic E-state index is 12.6. The fourth-order valence-corrected chi connectivity index (χ4v) is 3.24. The van der Waals surface area contributed by atoms with E-state index in [1.54, 1.807) is 48.7 Å². The van der Waals surface area contributed by atoms with Gasteiger partial charge in [0.2, 0.25) is 0 Å². The first-order valence-corrected chi connectivity index (χ1v) is 11.8. The number of nitrogens with zero attached hydrogens (tertiary/aromatic N) is 1. The number of esters is 1. The van der Waals surface area contributed by atoms with Gasteiger partial charge < -0.3 is 19.5 Å². The van der Waals surface area contributed by atoms with E-state index in [4.69, 9.17) is 26.4 Å². The lowest BCUT2D eigenvalue weighted by Crippen LogP contribution is -2.23. The summed E-state index contributed by atoms with van der Waals surface area (Å²) in [5.41, 5.74) is 5.96. The van der Waals surface area contributed by atoms with E-state index in [1.165, 1.54) is 0 Å². The van der Waals surface area contributed by atoms with Crippen LogP contribution in [-0.2, 0) is 0 Å². The number of hydrogen-bond acceptors (Lipinski definition) is 6. The molecule has 3 rings (SSSR count). The van der Waals surface area contributed by atoms with Crippen molar-refractivity contribution in [2.24, 2.45) is 5.10 Å². The van der Waals surface area contributed by atoms with Crippen LogP contribution in [0.25, 0.3) is 0 Å². The van der Waals surface area contributed by atoms with Crippen molar-refractivity contribution >= 4 is 35.2 Å². The zero-order valence-electron chi connectivity index (χ0n) is 20.0. The molecule has 0 atom stereocenters. The van der Waals surface area contributed by atoms with Crippen molar-refractivity contribution in [1.29, 1.82) is 0 Å². The van der Waals surface area contributed by atoms with Gasteiger partial charge in [0.1, 0.15) is 5.75 Å². The molecule has 0 bridgehead atoms. The SMILES string of the molecule is CCCOc1ccc(C(=O)Oc2ccc(/C=N/NC(=S)Nc3cccc(C)c3)cc2OCC)cc1. The molecule has 0 unspecified atom stereocenters. The molecule has 0 aromatic heterocycles. The third kappa shape index (κ3) is 8.12. The fraction of sp³-hybridized carbons (Fsp3) is 0.222. The predicted molar refractivity (Wildman–Crippen MR) is 143 cm³/mol. The standard InChI is InChI=1S/C27H29N3O4S/c1-4-15-33-23-12-10-21(11-13-23)26(31)34-24-14-9-20(17-25(24)32-5-2)18-28-30-27(35)29-22-8-6-7-19(3)16-22/h6-14,16-18H,4-5,15H2,1-3H3,(H2,29,30,35)/b28-18+. The molecule has 182 valence electrons. The normalized spacial score (nSPS) is 10.6. The van der Waals surface area contributed by atoms with Gasteiger partial charge in [-0.1, -0.05) is 19.1 Å². The minimum Gasteiger partial charge on any atom is -0.494 e. The lowest BCUT2D eigenvalue weighted by Gasteiger charge is -2.12. The van der Waals surface area contributed by atoms with Gasteiger partial charge in [-0.15, -0.1) is 0 Å². The van der Waals surface area contributed by atoms with E-state index >= 15 is 0 Å². The number of hydrogen-bond donors (Lipinski definition) is 2. The molecule has 0 aliphatic heterocycles. The van der Waals surface area contributed by atoms with Crippen LogP contribution in [0.2, 0.25) is 0 Å². The van der Waals surface area contributed by atoms with Crippen LogP contribution in [0.3, 0.4) is 0 Å². The number of nitrogens with one attached hydrogen (secondary N) is 2. The van der Waals surface area contributed by atoms with E-state index < -0.39 is 5.97 Å². The maximum Gasteiger partial charge on any atom is 0.343 e. The number of ether oxygens (including phenoxy) is 3. The summed E-state index contributed by atoms with van der Waals surface area (Å²) in [6, 6.07) is 19.9. The number of hydrazone groups is 1. The number of aryl methyl sites for hydroxylation is 1. The molecule has 0 heterocycles. The smallest absolute Gasteiger partial charge is 0.343 e. The summed E-state index contributed by atoms with van der Waals surface area (Å²) in [4.78, 5) is 12.6. The van der Waals surface area contributed by atoms with Crippen LogP contribution in [0.5, 0.6) is 17.2 Å². The van der Waals surface area contributed by atoms with E-state index in [0.717, 1.165) is 23.2 Å². The Kier molecular flexibility index (Phi) is 9.62. The zero-order valence-corrected chi connectivity index (χ0v) is 20.9. The summed E-state index contributed by atoms with van der Waals surface area (Å²) >= 11 is 5.28. The maximum absolute atomic E-state index is 12.6. The Hall–Kier alpha value is -3.91. The van der Waals surface area contributed by atoms with Crippen LogP contribution >= 0.6 is 12.2 Å². The quantitative estimate of drug-likeness (QED) is 0.123. The van der Waals surface area contributed by atoms with Gasteiger partial charge in [-0.05, 0) is 98.2 Å². The van der Waals surface area contributed by atoms with Crippen molar-refractivity contribution in [3.8, 4) is 17.2 Å². The molecular formula is C27H29N3O4S. The molecule has 35 heavy (non-hydrogen) atoms. The van der Waals surface area contributed by atoms with Crippen LogP contribution in [0.15, 0.2) is 71.8 Å². The van der Waals surface area contributed by atoms with Crippen molar-refractivity contribution in [1.82, 2.24) is 5.43 Å².